The quantitative estimate of drug-likeness (QED) is 0.187. The van der Waals surface area contributed by atoms with Gasteiger partial charge >= 0.3 is 0 Å². The lowest BCUT2D eigenvalue weighted by Crippen LogP contribution is -2.68. The molecule has 0 aromatic rings. The maximum Gasteiger partial charge on any atom is 0.184 e. The predicted octanol–water partition coefficient (Wildman–Crippen LogP) is 10.7. The van der Waals surface area contributed by atoms with E-state index in [9.17, 15) is 0 Å². The highest BCUT2D eigenvalue weighted by molar-refractivity contribution is 6.71. The maximum absolute atomic E-state index is 7.70. The van der Waals surface area contributed by atoms with Crippen LogP contribution in [-0.2, 0) is 22.1 Å². The van der Waals surface area contributed by atoms with Gasteiger partial charge in [0.1, 0.15) is 0 Å². The van der Waals surface area contributed by atoms with E-state index in [1.54, 1.807) is 0 Å². The Hall–Kier alpha value is 0.884. The molecule has 10 atom stereocenters. The van der Waals surface area contributed by atoms with E-state index in [-0.39, 0.29) is 23.2 Å². The van der Waals surface area contributed by atoms with E-state index in [0.29, 0.717) is 35.9 Å². The molecule has 0 saturated heterocycles. The van der Waals surface area contributed by atoms with Crippen molar-refractivity contribution in [1.29, 1.82) is 0 Å². The van der Waals surface area contributed by atoms with E-state index in [1.807, 2.05) is 0 Å². The van der Waals surface area contributed by atoms with Crippen LogP contribution in [0.1, 0.15) is 65.2 Å². The van der Waals surface area contributed by atoms with Crippen LogP contribution >= 0.6 is 0 Å². The molecular weight excluding hydrogens is 653 g/mol. The van der Waals surface area contributed by atoms with Crippen LogP contribution in [0, 0.1) is 34.5 Å². The first kappa shape index (κ1) is 39.7. The Balaban J connectivity index is 1.80. The maximum atomic E-state index is 7.70. The third-order valence-corrected chi connectivity index (χ3v) is 17.0. The van der Waals surface area contributed by atoms with E-state index < -0.39 is 41.6 Å². The van der Waals surface area contributed by atoms with Gasteiger partial charge in [0.25, 0.3) is 0 Å². The van der Waals surface area contributed by atoms with Crippen molar-refractivity contribution in [3.05, 3.63) is 0 Å². The van der Waals surface area contributed by atoms with E-state index in [4.69, 9.17) is 22.1 Å². The number of rotatable bonds is 12. The molecule has 4 fully saturated rings. The first-order valence-corrected chi connectivity index (χ1v) is 36.0. The smallest absolute Gasteiger partial charge is 0.184 e. The van der Waals surface area contributed by atoms with Crippen molar-refractivity contribution in [1.82, 2.24) is 0 Å². The van der Waals surface area contributed by atoms with Gasteiger partial charge in [0.05, 0.1) is 18.3 Å². The van der Waals surface area contributed by atoms with Crippen LogP contribution in [0.4, 0.5) is 0 Å². The van der Waals surface area contributed by atoms with Crippen molar-refractivity contribution in [3.63, 3.8) is 0 Å². The SMILES string of the molecule is C[C@]12CC[C@@H](O[Si](C)(C)C)C[C@H]1CC[C@@H]1[C@@H]2[C@@H](O[Si](C)(C)C)C[C@@]2(C)[C@H]1CC[C@]2(O[Si](C)(C)C)C(CO[Si](C)(C)C)O[Si](C)(C)C. The number of fused-ring (bicyclic) bond motifs is 5. The second-order valence-corrected chi connectivity index (χ2v) is 43.7. The van der Waals surface area contributed by atoms with E-state index >= 15 is 0 Å². The van der Waals surface area contributed by atoms with Gasteiger partial charge in [0.15, 0.2) is 41.6 Å². The summed E-state index contributed by atoms with van der Waals surface area (Å²) in [5, 5.41) is 0. The summed E-state index contributed by atoms with van der Waals surface area (Å²) in [5.41, 5.74) is -0.0597. The lowest BCUT2D eigenvalue weighted by atomic mass is 9.43. The first-order valence-electron chi connectivity index (χ1n) is 19.0. The summed E-state index contributed by atoms with van der Waals surface area (Å²) in [6.07, 6.45) is 10.5. The minimum absolute atomic E-state index is 0.0206. The minimum atomic E-state index is -1.97. The highest BCUT2D eigenvalue weighted by atomic mass is 28.4. The molecule has 4 aliphatic carbocycles. The largest absolute Gasteiger partial charge is 0.415 e. The van der Waals surface area contributed by atoms with Crippen molar-refractivity contribution >= 4 is 41.6 Å². The van der Waals surface area contributed by atoms with Crippen LogP contribution < -0.4 is 0 Å². The summed E-state index contributed by atoms with van der Waals surface area (Å²) in [6, 6.07) is 0. The second kappa shape index (κ2) is 13.1. The molecule has 0 aliphatic heterocycles. The van der Waals surface area contributed by atoms with Gasteiger partial charge in [-0.25, -0.2) is 0 Å². The average Bonchev–Trinajstić information content (AvgIpc) is 3.09. The van der Waals surface area contributed by atoms with E-state index in [2.05, 4.69) is 112 Å². The molecule has 4 rings (SSSR count). The summed E-state index contributed by atoms with van der Waals surface area (Å²) in [6.45, 7) is 41.5. The standard InChI is InChI=1S/C36H76O5Si5/c1-34-22-20-28(38-43(6,7)8)24-27(34)18-19-29-30-21-23-36(41-46(15,16)17,32(40-45(12,13)14)26-37-42(3,4)5)35(30,2)25-31(33(29)34)39-44(9,10)11/h27-33H,18-26H2,1-17H3/t27-,28-,29+,30+,31+,32?,33-,34+,35+,36+/m1/s1. The van der Waals surface area contributed by atoms with Crippen LogP contribution in [-0.4, -0.2) is 72.1 Å². The highest BCUT2D eigenvalue weighted by Crippen LogP contribution is 2.70. The summed E-state index contributed by atoms with van der Waals surface area (Å²) >= 11 is 0. The van der Waals surface area contributed by atoms with Crippen molar-refractivity contribution in [2.24, 2.45) is 34.5 Å². The van der Waals surface area contributed by atoms with Crippen LogP contribution in [0.5, 0.6) is 0 Å². The summed E-state index contributed by atoms with van der Waals surface area (Å²) in [4.78, 5) is 0. The third-order valence-electron chi connectivity index (χ3n) is 11.9. The zero-order chi connectivity index (χ0) is 34.9. The fourth-order valence-electron chi connectivity index (χ4n) is 10.8. The molecule has 0 N–H and O–H groups in total. The molecule has 5 nitrogen and oxygen atoms in total. The molecule has 0 aromatic heterocycles. The van der Waals surface area contributed by atoms with Crippen LogP contribution in [0.3, 0.4) is 0 Å². The molecule has 0 aromatic carbocycles. The Morgan fingerprint density at radius 1 is 0.652 bits per heavy atom. The summed E-state index contributed by atoms with van der Waals surface area (Å²) in [7, 11) is -9.03. The van der Waals surface area contributed by atoms with Crippen LogP contribution in [0.25, 0.3) is 0 Å². The summed E-state index contributed by atoms with van der Waals surface area (Å²) in [5.74, 6) is 2.65. The Morgan fingerprint density at radius 3 is 1.78 bits per heavy atom. The second-order valence-electron chi connectivity index (χ2n) is 21.4. The van der Waals surface area contributed by atoms with Gasteiger partial charge in [-0.2, -0.15) is 0 Å². The van der Waals surface area contributed by atoms with Gasteiger partial charge < -0.3 is 22.1 Å². The minimum Gasteiger partial charge on any atom is -0.415 e. The normalized spacial score (nSPS) is 39.8. The molecule has 46 heavy (non-hydrogen) atoms. The molecule has 0 radical (unpaired) electrons. The van der Waals surface area contributed by atoms with Crippen molar-refractivity contribution in [3.8, 4) is 0 Å². The number of hydrogen-bond acceptors (Lipinski definition) is 5. The van der Waals surface area contributed by atoms with Gasteiger partial charge in [-0.1, -0.05) is 13.8 Å². The Kier molecular flexibility index (Phi) is 11.3. The summed E-state index contributed by atoms with van der Waals surface area (Å²) < 4.78 is 36.0. The average molecular weight is 729 g/mol. The van der Waals surface area contributed by atoms with Gasteiger partial charge in [-0.15, -0.1) is 0 Å². The predicted molar refractivity (Wildman–Crippen MR) is 208 cm³/mol. The third kappa shape index (κ3) is 8.84. The Bertz CT molecular complexity index is 1060. The fraction of sp³-hybridized carbons (Fsp3) is 1.00. The van der Waals surface area contributed by atoms with Gasteiger partial charge in [0.2, 0.25) is 0 Å². The molecule has 0 spiro atoms. The lowest BCUT2D eigenvalue weighted by Gasteiger charge is -2.66. The lowest BCUT2D eigenvalue weighted by molar-refractivity contribution is -0.212. The fourth-order valence-corrected chi connectivity index (χ4v) is 16.5. The van der Waals surface area contributed by atoms with Crippen molar-refractivity contribution in [2.45, 2.75) is 187 Å². The van der Waals surface area contributed by atoms with Gasteiger partial charge in [-0.05, 0) is 179 Å². The molecule has 4 saturated carbocycles. The molecule has 0 heterocycles. The number of hydrogen-bond donors (Lipinski definition) is 0. The Morgan fingerprint density at radius 2 is 1.26 bits per heavy atom. The van der Waals surface area contributed by atoms with Gasteiger partial charge in [-0.3, -0.25) is 0 Å². The molecule has 4 aliphatic rings. The first-order chi connectivity index (χ1) is 20.6. The molecule has 10 heteroatoms. The molecular formula is C36H76O5Si5. The van der Waals surface area contributed by atoms with Crippen molar-refractivity contribution in [2.75, 3.05) is 6.61 Å². The van der Waals surface area contributed by atoms with Crippen LogP contribution in [0.15, 0.2) is 0 Å². The molecule has 1 unspecified atom stereocenters. The Labute approximate surface area is 291 Å². The zero-order valence-electron chi connectivity index (χ0n) is 33.4. The van der Waals surface area contributed by atoms with E-state index in [1.165, 1.54) is 38.5 Å². The monoisotopic (exact) mass is 728 g/mol. The zero-order valence-corrected chi connectivity index (χ0v) is 38.4. The van der Waals surface area contributed by atoms with Crippen LogP contribution in [0.2, 0.25) is 98.2 Å². The molecule has 0 amide bonds. The molecule has 0 bridgehead atoms. The van der Waals surface area contributed by atoms with E-state index in [0.717, 1.165) is 18.8 Å². The van der Waals surface area contributed by atoms with Crippen molar-refractivity contribution < 1.29 is 22.1 Å². The topological polar surface area (TPSA) is 46.2 Å². The highest BCUT2D eigenvalue weighted by Gasteiger charge is 2.71. The van der Waals surface area contributed by atoms with Gasteiger partial charge in [0, 0.05) is 17.6 Å². The molecule has 270 valence electrons.